The third kappa shape index (κ3) is 1.63. The summed E-state index contributed by atoms with van der Waals surface area (Å²) in [6, 6.07) is 1.51. The Bertz CT molecular complexity index is 589. The fraction of sp³-hybridized carbons (Fsp3) is 0.100. The monoisotopic (exact) mass is 275 g/mol. The first kappa shape index (κ1) is 12.4. The number of alkyl halides is 1. The average Bonchev–Trinajstić information content (AvgIpc) is 2.53. The highest BCUT2D eigenvalue weighted by atomic mass is 35.5. The number of hydrogen-bond acceptors (Lipinski definition) is 3. The van der Waals surface area contributed by atoms with Crippen LogP contribution in [0, 0.1) is 5.82 Å². The normalized spacial score (nSPS) is 15.8. The number of nitrogens with zero attached hydrogens (tertiary/aromatic N) is 1. The molecule has 94 valence electrons. The summed E-state index contributed by atoms with van der Waals surface area (Å²) in [7, 11) is 0. The van der Waals surface area contributed by atoms with E-state index in [1.54, 1.807) is 0 Å². The highest BCUT2D eigenvalue weighted by Gasteiger charge is 2.43. The number of rotatable bonds is 2. The predicted molar refractivity (Wildman–Crippen MR) is 55.8 cm³/mol. The summed E-state index contributed by atoms with van der Waals surface area (Å²) in [5, 5.41) is 8.08. The van der Waals surface area contributed by atoms with Crippen molar-refractivity contribution in [1.29, 1.82) is 0 Å². The number of hydrogen-bond donors (Lipinski definition) is 1. The van der Waals surface area contributed by atoms with Gasteiger partial charge in [-0.05, 0) is 6.07 Å². The highest BCUT2D eigenvalue weighted by molar-refractivity contribution is 6.53. The quantitative estimate of drug-likeness (QED) is 0.654. The summed E-state index contributed by atoms with van der Waals surface area (Å²) in [4.78, 5) is 33.5. The maximum atomic E-state index is 13.4. The van der Waals surface area contributed by atoms with Gasteiger partial charge < -0.3 is 5.11 Å². The summed E-state index contributed by atoms with van der Waals surface area (Å²) in [6.45, 7) is 0. The third-order valence-electron chi connectivity index (χ3n) is 2.39. The van der Waals surface area contributed by atoms with Crippen molar-refractivity contribution >= 4 is 34.9 Å². The Morgan fingerprint density at radius 1 is 1.39 bits per heavy atom. The van der Waals surface area contributed by atoms with Crippen LogP contribution in [0.5, 0.6) is 0 Å². The molecule has 5 nitrogen and oxygen atoms in total. The Hall–Kier alpha value is -2.02. The van der Waals surface area contributed by atoms with Gasteiger partial charge in [-0.1, -0.05) is 11.6 Å². The molecule has 0 saturated heterocycles. The number of carbonyl (C=O) groups is 3. The summed E-state index contributed by atoms with van der Waals surface area (Å²) in [5.74, 6) is -5.45. The van der Waals surface area contributed by atoms with Crippen molar-refractivity contribution in [2.45, 2.75) is 6.30 Å². The van der Waals surface area contributed by atoms with E-state index in [0.717, 1.165) is 6.07 Å². The number of fused-ring (bicyclic) bond motifs is 1. The van der Waals surface area contributed by atoms with Gasteiger partial charge in [-0.15, -0.1) is 0 Å². The topological polar surface area (TPSA) is 74.7 Å². The van der Waals surface area contributed by atoms with Gasteiger partial charge in [-0.25, -0.2) is 13.6 Å². The smallest absolute Gasteiger partial charge is 0.360 e. The Balaban J connectivity index is 2.62. The molecule has 1 atom stereocenters. The highest BCUT2D eigenvalue weighted by Crippen LogP contribution is 2.34. The molecule has 8 heteroatoms. The Kier molecular flexibility index (Phi) is 2.78. The number of carboxylic acid groups (broad SMARTS) is 1. The molecule has 0 fully saturated rings. The van der Waals surface area contributed by atoms with Gasteiger partial charge in [0.15, 0.2) is 0 Å². The van der Waals surface area contributed by atoms with Crippen LogP contribution in [0.4, 0.5) is 14.5 Å². The largest absolute Gasteiger partial charge is 0.478 e. The number of anilines is 1. The zero-order valence-corrected chi connectivity index (χ0v) is 9.24. The maximum Gasteiger partial charge on any atom is 0.360 e. The summed E-state index contributed by atoms with van der Waals surface area (Å²) in [5.41, 5.74) is -0.767. The first-order valence-electron chi connectivity index (χ1n) is 4.58. The van der Waals surface area contributed by atoms with E-state index in [1.165, 1.54) is 0 Å². The van der Waals surface area contributed by atoms with Gasteiger partial charge in [0.05, 0.1) is 16.3 Å². The van der Waals surface area contributed by atoms with Crippen LogP contribution in [0.2, 0.25) is 5.02 Å². The molecule has 2 rings (SSSR count). The standard InChI is InChI=1S/C10H4ClF2NO4/c11-4-1-3-6(2-5(4)12)14(8(13)10(17)18)9(16)7(3)15/h1-2,8H,(H,17,18). The molecular weight excluding hydrogens is 272 g/mol. The van der Waals surface area contributed by atoms with Crippen LogP contribution in [0.3, 0.4) is 0 Å². The molecule has 0 aromatic heterocycles. The lowest BCUT2D eigenvalue weighted by molar-refractivity contribution is -0.144. The third-order valence-corrected chi connectivity index (χ3v) is 2.68. The minimum Gasteiger partial charge on any atom is -0.478 e. The second kappa shape index (κ2) is 4.02. The Labute approximate surface area is 104 Å². The zero-order valence-electron chi connectivity index (χ0n) is 8.49. The number of carboxylic acids is 1. The van der Waals surface area contributed by atoms with Crippen LogP contribution >= 0.6 is 11.6 Å². The fourth-order valence-electron chi connectivity index (χ4n) is 1.59. The number of ketones is 1. The molecule has 18 heavy (non-hydrogen) atoms. The molecule has 1 heterocycles. The second-order valence-electron chi connectivity index (χ2n) is 3.46. The van der Waals surface area contributed by atoms with Gasteiger partial charge in [0, 0.05) is 6.07 Å². The Morgan fingerprint density at radius 2 is 2.00 bits per heavy atom. The maximum absolute atomic E-state index is 13.4. The van der Waals surface area contributed by atoms with Gasteiger partial charge in [0.1, 0.15) is 5.82 Å². The van der Waals surface area contributed by atoms with Crippen LogP contribution in [0.1, 0.15) is 10.4 Å². The van der Waals surface area contributed by atoms with Gasteiger partial charge >= 0.3 is 11.9 Å². The number of carbonyl (C=O) groups excluding carboxylic acids is 2. The number of halogens is 3. The first-order chi connectivity index (χ1) is 8.34. The van der Waals surface area contributed by atoms with Gasteiger partial charge in [0.2, 0.25) is 0 Å². The van der Waals surface area contributed by atoms with Crippen molar-refractivity contribution in [3.8, 4) is 0 Å². The van der Waals surface area contributed by atoms with Crippen molar-refractivity contribution in [1.82, 2.24) is 0 Å². The van der Waals surface area contributed by atoms with E-state index in [2.05, 4.69) is 0 Å². The minimum absolute atomic E-state index is 0.0827. The van der Waals surface area contributed by atoms with E-state index in [4.69, 9.17) is 16.7 Å². The summed E-state index contributed by atoms with van der Waals surface area (Å²) >= 11 is 5.43. The molecule has 1 amide bonds. The van der Waals surface area contributed by atoms with Gasteiger partial charge in [0.25, 0.3) is 12.1 Å². The number of benzene rings is 1. The van der Waals surface area contributed by atoms with Gasteiger partial charge in [-0.2, -0.15) is 0 Å². The van der Waals surface area contributed by atoms with E-state index >= 15 is 0 Å². The molecule has 1 aromatic carbocycles. The lowest BCUT2D eigenvalue weighted by Crippen LogP contribution is -2.41. The SMILES string of the molecule is O=C1C(=O)N(C(F)C(=O)O)c2cc(F)c(Cl)cc21. The molecule has 0 aliphatic carbocycles. The fourth-order valence-corrected chi connectivity index (χ4v) is 1.75. The van der Waals surface area contributed by atoms with Crippen LogP contribution in [-0.2, 0) is 9.59 Å². The summed E-state index contributed by atoms with van der Waals surface area (Å²) < 4.78 is 26.6. The lowest BCUT2D eigenvalue weighted by atomic mass is 10.1. The van der Waals surface area contributed by atoms with Crippen molar-refractivity contribution in [2.75, 3.05) is 4.90 Å². The van der Waals surface area contributed by atoms with E-state index < -0.39 is 40.5 Å². The number of aliphatic carboxylic acids is 1. The molecule has 0 spiro atoms. The van der Waals surface area contributed by atoms with E-state index in [-0.39, 0.29) is 10.5 Å². The molecule has 1 aliphatic rings. The second-order valence-corrected chi connectivity index (χ2v) is 3.87. The van der Waals surface area contributed by atoms with Crippen LogP contribution in [-0.4, -0.2) is 29.1 Å². The lowest BCUT2D eigenvalue weighted by Gasteiger charge is -2.17. The first-order valence-corrected chi connectivity index (χ1v) is 4.96. The molecule has 1 aliphatic heterocycles. The Morgan fingerprint density at radius 3 is 2.56 bits per heavy atom. The van der Waals surface area contributed by atoms with E-state index in [9.17, 15) is 23.2 Å². The molecule has 1 aromatic rings. The van der Waals surface area contributed by atoms with E-state index in [0.29, 0.717) is 6.07 Å². The van der Waals surface area contributed by atoms with Crippen LogP contribution in [0.15, 0.2) is 12.1 Å². The predicted octanol–water partition coefficient (Wildman–Crippen LogP) is 1.39. The van der Waals surface area contributed by atoms with Crippen LogP contribution < -0.4 is 4.90 Å². The molecule has 0 radical (unpaired) electrons. The molecule has 0 saturated carbocycles. The van der Waals surface area contributed by atoms with Crippen LogP contribution in [0.25, 0.3) is 0 Å². The number of Topliss-reactive ketones (excluding diaryl/α,β-unsaturated/α-hetero) is 1. The van der Waals surface area contributed by atoms with E-state index in [1.807, 2.05) is 0 Å². The van der Waals surface area contributed by atoms with Crippen molar-refractivity contribution < 1.29 is 28.3 Å². The van der Waals surface area contributed by atoms with Crippen molar-refractivity contribution in [3.63, 3.8) is 0 Å². The molecular formula is C10H4ClF2NO4. The zero-order chi connectivity index (χ0) is 13.6. The molecule has 1 unspecified atom stereocenters. The molecule has 1 N–H and O–H groups in total. The summed E-state index contributed by atoms with van der Waals surface area (Å²) in [6.07, 6.45) is -2.76. The van der Waals surface area contributed by atoms with Crippen molar-refractivity contribution in [3.05, 3.63) is 28.5 Å². The average molecular weight is 276 g/mol. The molecule has 0 bridgehead atoms. The van der Waals surface area contributed by atoms with Gasteiger partial charge in [-0.3, -0.25) is 14.5 Å². The van der Waals surface area contributed by atoms with Crippen molar-refractivity contribution in [2.24, 2.45) is 0 Å². The number of amides is 1. The minimum atomic E-state index is -2.76.